The summed E-state index contributed by atoms with van der Waals surface area (Å²) in [5.41, 5.74) is 0. The van der Waals surface area contributed by atoms with Gasteiger partial charge in [-0.2, -0.15) is 8.42 Å². The maximum atomic E-state index is 9.56. The van der Waals surface area contributed by atoms with Crippen molar-refractivity contribution in [1.29, 1.82) is 0 Å². The number of nitrogens with two attached hydrogens (primary N) is 1. The minimum absolute atomic E-state index is 0. The first-order valence-electron chi connectivity index (χ1n) is 1.14. The second kappa shape index (κ2) is 3.40. The zero-order valence-electron chi connectivity index (χ0n) is 3.56. The first-order chi connectivity index (χ1) is 2.56. The molecule has 0 atom stereocenters. The molecule has 0 amide bonds. The second-order valence-electron chi connectivity index (χ2n) is 0.659. The molecule has 0 bridgehead atoms. The molecular weight excluding hydrogens is 162 g/mol. The Balaban J connectivity index is 0. The molecule has 2 N–H and O–H groups in total. The monoisotopic (exact) mass is 167 g/mol. The van der Waals surface area contributed by atoms with Crippen LogP contribution in [0.3, 0.4) is 0 Å². The molecule has 0 radical (unpaired) electrons. The van der Waals surface area contributed by atoms with Gasteiger partial charge in [0.15, 0.2) is 0 Å². The van der Waals surface area contributed by atoms with Gasteiger partial charge >= 0.3 is 10.3 Å². The van der Waals surface area contributed by atoms with Crippen LogP contribution in [0.4, 0.5) is 0 Å². The summed E-state index contributed by atoms with van der Waals surface area (Å²) >= 11 is 0. The Morgan fingerprint density at radius 2 is 1.71 bits per heavy atom. The molecule has 0 saturated carbocycles. The van der Waals surface area contributed by atoms with Gasteiger partial charge in [0.05, 0.1) is 7.11 Å². The zero-order valence-corrected chi connectivity index (χ0v) is 5.48. The summed E-state index contributed by atoms with van der Waals surface area (Å²) < 4.78 is 22.8. The van der Waals surface area contributed by atoms with Crippen molar-refractivity contribution in [2.75, 3.05) is 7.11 Å². The van der Waals surface area contributed by atoms with Gasteiger partial charge in [-0.25, -0.2) is 5.14 Å². The minimum atomic E-state index is -3.66. The molecule has 0 unspecified atom stereocenters. The van der Waals surface area contributed by atoms with Crippen LogP contribution in [0.15, 0.2) is 0 Å². The summed E-state index contributed by atoms with van der Waals surface area (Å²) in [6.07, 6.45) is 0. The minimum Gasteiger partial charge on any atom is -0.262 e. The van der Waals surface area contributed by atoms with Crippen molar-refractivity contribution < 1.29 is 29.7 Å². The fourth-order valence-corrected chi connectivity index (χ4v) is 0. The quantitative estimate of drug-likeness (QED) is 0.500. The molecule has 0 aromatic carbocycles. The van der Waals surface area contributed by atoms with Crippen molar-refractivity contribution in [2.24, 2.45) is 5.14 Å². The van der Waals surface area contributed by atoms with Crippen LogP contribution in [0.2, 0.25) is 0 Å². The van der Waals surface area contributed by atoms with Gasteiger partial charge in [-0.3, -0.25) is 4.18 Å². The van der Waals surface area contributed by atoms with E-state index in [1.807, 2.05) is 0 Å². The predicted octanol–water partition coefficient (Wildman–Crippen LogP) is -1.17. The molecule has 0 rings (SSSR count). The summed E-state index contributed by atoms with van der Waals surface area (Å²) in [5.74, 6) is 0. The van der Waals surface area contributed by atoms with Gasteiger partial charge in [0, 0.05) is 17.1 Å². The van der Waals surface area contributed by atoms with Crippen LogP contribution in [-0.4, -0.2) is 15.5 Å². The molecule has 0 saturated heterocycles. The summed E-state index contributed by atoms with van der Waals surface area (Å²) in [5, 5.41) is 4.28. The fourth-order valence-electron chi connectivity index (χ4n) is 0. The first-order valence-corrected chi connectivity index (χ1v) is 2.62. The standard InChI is InChI=1S/CH5NO3S.Fe/c1-5-6(2,3)4;/h1H3,(H2,2,3,4);. The fraction of sp³-hybridized carbons (Fsp3) is 1.00. The third-order valence-corrected chi connectivity index (χ3v) is 0.697. The summed E-state index contributed by atoms with van der Waals surface area (Å²) in [6, 6.07) is 0. The Morgan fingerprint density at radius 1 is 1.57 bits per heavy atom. The van der Waals surface area contributed by atoms with E-state index in [1.54, 1.807) is 0 Å². The molecule has 0 aromatic rings. The van der Waals surface area contributed by atoms with Gasteiger partial charge in [-0.15, -0.1) is 0 Å². The predicted molar refractivity (Wildman–Crippen MR) is 20.1 cm³/mol. The van der Waals surface area contributed by atoms with E-state index in [0.29, 0.717) is 0 Å². The smallest absolute Gasteiger partial charge is 0.262 e. The van der Waals surface area contributed by atoms with Crippen LogP contribution in [0, 0.1) is 0 Å². The SMILES string of the molecule is COS(N)(=O)=O.[Fe]. The van der Waals surface area contributed by atoms with Crippen LogP contribution >= 0.6 is 0 Å². The molecule has 0 aromatic heterocycles. The Morgan fingerprint density at radius 3 is 1.71 bits per heavy atom. The van der Waals surface area contributed by atoms with E-state index in [4.69, 9.17) is 0 Å². The van der Waals surface area contributed by atoms with E-state index in [0.717, 1.165) is 7.11 Å². The molecule has 0 heterocycles. The third kappa shape index (κ3) is 10.7. The number of hydrogen-bond acceptors (Lipinski definition) is 3. The van der Waals surface area contributed by atoms with Gasteiger partial charge in [0.2, 0.25) is 0 Å². The average molecular weight is 167 g/mol. The van der Waals surface area contributed by atoms with E-state index in [9.17, 15) is 8.42 Å². The van der Waals surface area contributed by atoms with Crippen LogP contribution in [-0.2, 0) is 31.6 Å². The third-order valence-electron chi connectivity index (χ3n) is 0.232. The van der Waals surface area contributed by atoms with Crippen molar-refractivity contribution >= 4 is 10.3 Å². The molecule has 0 aliphatic rings. The first kappa shape index (κ1) is 10.4. The molecular formula is CH5FeNO3S. The second-order valence-corrected chi connectivity index (χ2v) is 1.98. The molecule has 0 aliphatic heterocycles. The van der Waals surface area contributed by atoms with E-state index in [-0.39, 0.29) is 17.1 Å². The van der Waals surface area contributed by atoms with E-state index < -0.39 is 10.3 Å². The molecule has 4 nitrogen and oxygen atoms in total. The van der Waals surface area contributed by atoms with Gasteiger partial charge in [-0.05, 0) is 0 Å². The number of rotatable bonds is 1. The van der Waals surface area contributed by atoms with Gasteiger partial charge in [-0.1, -0.05) is 0 Å². The van der Waals surface area contributed by atoms with Crippen molar-refractivity contribution in [2.45, 2.75) is 0 Å². The summed E-state index contributed by atoms with van der Waals surface area (Å²) in [4.78, 5) is 0. The normalized spacial score (nSPS) is 10.0. The zero-order chi connectivity index (χ0) is 5.21. The van der Waals surface area contributed by atoms with E-state index in [2.05, 4.69) is 9.32 Å². The van der Waals surface area contributed by atoms with Gasteiger partial charge in [0.1, 0.15) is 0 Å². The maximum absolute atomic E-state index is 9.56. The number of hydrogen-bond donors (Lipinski definition) is 1. The molecule has 0 spiro atoms. The summed E-state index contributed by atoms with van der Waals surface area (Å²) in [6.45, 7) is 0. The topological polar surface area (TPSA) is 69.4 Å². The Labute approximate surface area is 52.8 Å². The van der Waals surface area contributed by atoms with E-state index >= 15 is 0 Å². The Bertz CT molecular complexity index is 117. The van der Waals surface area contributed by atoms with Crippen LogP contribution in [0.5, 0.6) is 0 Å². The maximum Gasteiger partial charge on any atom is 0.333 e. The van der Waals surface area contributed by atoms with E-state index in [1.165, 1.54) is 0 Å². The van der Waals surface area contributed by atoms with Crippen molar-refractivity contribution in [3.8, 4) is 0 Å². The van der Waals surface area contributed by atoms with Gasteiger partial charge in [0.25, 0.3) is 0 Å². The van der Waals surface area contributed by atoms with Crippen LogP contribution < -0.4 is 5.14 Å². The summed E-state index contributed by atoms with van der Waals surface area (Å²) in [7, 11) is -2.67. The van der Waals surface area contributed by atoms with Crippen LogP contribution in [0.25, 0.3) is 0 Å². The molecule has 0 fully saturated rings. The Hall–Kier alpha value is 0.389. The van der Waals surface area contributed by atoms with Crippen molar-refractivity contribution in [1.82, 2.24) is 0 Å². The molecule has 0 aliphatic carbocycles. The average Bonchev–Trinajstić information content (AvgIpc) is 1.35. The Kier molecular flexibility index (Phi) is 5.04. The van der Waals surface area contributed by atoms with Crippen molar-refractivity contribution in [3.05, 3.63) is 0 Å². The molecule has 6 heteroatoms. The van der Waals surface area contributed by atoms with Crippen molar-refractivity contribution in [3.63, 3.8) is 0 Å². The molecule has 46 valence electrons. The largest absolute Gasteiger partial charge is 0.333 e. The van der Waals surface area contributed by atoms with Gasteiger partial charge < -0.3 is 0 Å². The molecule has 7 heavy (non-hydrogen) atoms. The van der Waals surface area contributed by atoms with Crippen LogP contribution in [0.1, 0.15) is 0 Å².